The Morgan fingerprint density at radius 2 is 1.76 bits per heavy atom. The van der Waals surface area contributed by atoms with E-state index in [0.29, 0.717) is 27.4 Å². The molecule has 21 heavy (non-hydrogen) atoms. The van der Waals surface area contributed by atoms with Gasteiger partial charge in [-0.2, -0.15) is 0 Å². The molecular formula is C15H11Br2Cl3O. The molecule has 1 unspecified atom stereocenters. The van der Waals surface area contributed by atoms with Crippen LogP contribution in [0.25, 0.3) is 0 Å². The molecule has 0 aliphatic carbocycles. The predicted molar refractivity (Wildman–Crippen MR) is 97.6 cm³/mol. The summed E-state index contributed by atoms with van der Waals surface area (Å²) in [6.07, 6.45) is 0. The lowest BCUT2D eigenvalue weighted by atomic mass is 10.0. The van der Waals surface area contributed by atoms with E-state index in [4.69, 9.17) is 39.5 Å². The molecule has 6 heteroatoms. The Labute approximate surface area is 155 Å². The average molecular weight is 473 g/mol. The molecule has 0 heterocycles. The summed E-state index contributed by atoms with van der Waals surface area (Å²) in [5.74, 6) is 0.581. The van der Waals surface area contributed by atoms with E-state index in [1.54, 1.807) is 6.07 Å². The lowest BCUT2D eigenvalue weighted by molar-refractivity contribution is 0.340. The van der Waals surface area contributed by atoms with E-state index in [-0.39, 0.29) is 4.83 Å². The molecule has 2 aromatic rings. The molecule has 0 bridgehead atoms. The number of ether oxygens (including phenoxy) is 1. The third kappa shape index (κ3) is 4.08. The van der Waals surface area contributed by atoms with Gasteiger partial charge in [-0.05, 0) is 42.3 Å². The van der Waals surface area contributed by atoms with Gasteiger partial charge in [-0.1, -0.05) is 66.7 Å². The number of hydrogen-bond acceptors (Lipinski definition) is 1. The van der Waals surface area contributed by atoms with Gasteiger partial charge in [0.15, 0.2) is 0 Å². The van der Waals surface area contributed by atoms with Crippen LogP contribution < -0.4 is 4.74 Å². The van der Waals surface area contributed by atoms with Crippen LogP contribution in [-0.4, -0.2) is 6.61 Å². The third-order valence-corrected chi connectivity index (χ3v) is 5.42. The van der Waals surface area contributed by atoms with E-state index in [0.717, 1.165) is 15.6 Å². The van der Waals surface area contributed by atoms with E-state index < -0.39 is 0 Å². The second-order valence-electron chi connectivity index (χ2n) is 4.27. The van der Waals surface area contributed by atoms with Crippen LogP contribution >= 0.6 is 66.7 Å². The molecular weight excluding hydrogens is 462 g/mol. The van der Waals surface area contributed by atoms with Gasteiger partial charge in [-0.3, -0.25) is 0 Å². The zero-order valence-electron chi connectivity index (χ0n) is 11.0. The zero-order valence-corrected chi connectivity index (χ0v) is 16.4. The van der Waals surface area contributed by atoms with Gasteiger partial charge in [0.25, 0.3) is 0 Å². The molecule has 112 valence electrons. The van der Waals surface area contributed by atoms with Gasteiger partial charge >= 0.3 is 0 Å². The molecule has 2 rings (SSSR count). The fraction of sp³-hybridized carbons (Fsp3) is 0.200. The van der Waals surface area contributed by atoms with Gasteiger partial charge in [0.05, 0.1) is 16.5 Å². The van der Waals surface area contributed by atoms with Gasteiger partial charge in [0, 0.05) is 20.6 Å². The maximum atomic E-state index is 6.36. The minimum atomic E-state index is -0.133. The fourth-order valence-corrected chi connectivity index (χ4v) is 4.22. The summed E-state index contributed by atoms with van der Waals surface area (Å²) in [4.78, 5) is -0.133. The van der Waals surface area contributed by atoms with E-state index >= 15 is 0 Å². The molecule has 0 aromatic heterocycles. The third-order valence-electron chi connectivity index (χ3n) is 2.86. The highest BCUT2D eigenvalue weighted by molar-refractivity contribution is 9.11. The highest BCUT2D eigenvalue weighted by Crippen LogP contribution is 2.42. The van der Waals surface area contributed by atoms with Crippen molar-refractivity contribution >= 4 is 66.7 Å². The summed E-state index contributed by atoms with van der Waals surface area (Å²) in [5.41, 5.74) is 1.83. The average Bonchev–Trinajstić information content (AvgIpc) is 2.44. The normalized spacial score (nSPS) is 12.3. The first-order valence-electron chi connectivity index (χ1n) is 6.14. The molecule has 1 nitrogen and oxygen atoms in total. The van der Waals surface area contributed by atoms with E-state index in [1.165, 1.54) is 0 Å². The van der Waals surface area contributed by atoms with E-state index in [2.05, 4.69) is 31.9 Å². The highest BCUT2D eigenvalue weighted by atomic mass is 79.9. The Hall–Kier alpha value is 0.0700. The Morgan fingerprint density at radius 3 is 2.43 bits per heavy atom. The zero-order chi connectivity index (χ0) is 15.6. The summed E-state index contributed by atoms with van der Waals surface area (Å²) in [7, 11) is 0. The first-order valence-corrected chi connectivity index (χ1v) is 8.99. The van der Waals surface area contributed by atoms with Crippen molar-refractivity contribution in [1.82, 2.24) is 0 Å². The summed E-state index contributed by atoms with van der Waals surface area (Å²) in [6, 6.07) is 9.14. The number of alkyl halides is 1. The topological polar surface area (TPSA) is 9.23 Å². The molecule has 0 fully saturated rings. The van der Waals surface area contributed by atoms with E-state index in [9.17, 15) is 0 Å². The summed E-state index contributed by atoms with van der Waals surface area (Å²) in [6.45, 7) is 2.43. The van der Waals surface area contributed by atoms with Crippen LogP contribution in [0.3, 0.4) is 0 Å². The van der Waals surface area contributed by atoms with Gasteiger partial charge in [-0.15, -0.1) is 0 Å². The molecule has 0 amide bonds. The minimum Gasteiger partial charge on any atom is -0.492 e. The van der Waals surface area contributed by atoms with Crippen LogP contribution in [-0.2, 0) is 0 Å². The molecule has 2 aromatic carbocycles. The van der Waals surface area contributed by atoms with Crippen LogP contribution in [0.15, 0.2) is 34.8 Å². The first kappa shape index (κ1) is 17.4. The lowest BCUT2D eigenvalue weighted by Crippen LogP contribution is -1.98. The Balaban J connectivity index is 2.46. The quantitative estimate of drug-likeness (QED) is 0.424. The second-order valence-corrected chi connectivity index (χ2v) is 7.29. The van der Waals surface area contributed by atoms with Crippen molar-refractivity contribution < 1.29 is 4.74 Å². The molecule has 1 atom stereocenters. The fourth-order valence-electron chi connectivity index (χ4n) is 1.88. The smallest absolute Gasteiger partial charge is 0.139 e. The number of benzene rings is 2. The molecule has 0 N–H and O–H groups in total. The standard InChI is InChI=1S/C15H11Br2Cl3O/c1-2-21-14-7-12(19)10(6-13(14)20)15(17)9-5-8(18)3-4-11(9)16/h3-7,15H,2H2,1H3. The molecule has 0 radical (unpaired) electrons. The number of hydrogen-bond donors (Lipinski definition) is 0. The molecule has 0 aliphatic rings. The predicted octanol–water partition coefficient (Wildman–Crippen LogP) is 7.29. The number of halogens is 5. The summed E-state index contributed by atoms with van der Waals surface area (Å²) < 4.78 is 6.38. The Kier molecular flexibility index (Phi) is 6.27. The first-order chi connectivity index (χ1) is 9.93. The largest absolute Gasteiger partial charge is 0.492 e. The van der Waals surface area contributed by atoms with E-state index in [1.807, 2.05) is 31.2 Å². The highest BCUT2D eigenvalue weighted by Gasteiger charge is 2.19. The van der Waals surface area contributed by atoms with Crippen molar-refractivity contribution in [2.45, 2.75) is 11.8 Å². The minimum absolute atomic E-state index is 0.133. The maximum Gasteiger partial charge on any atom is 0.139 e. The maximum absolute atomic E-state index is 6.36. The SMILES string of the molecule is CCOc1cc(Cl)c(C(Br)c2cc(Cl)ccc2Br)cc1Cl. The van der Waals surface area contributed by atoms with Gasteiger partial charge < -0.3 is 4.74 Å². The Morgan fingerprint density at radius 1 is 1.05 bits per heavy atom. The monoisotopic (exact) mass is 470 g/mol. The van der Waals surface area contributed by atoms with Gasteiger partial charge in [0.2, 0.25) is 0 Å². The number of rotatable bonds is 4. The van der Waals surface area contributed by atoms with Crippen LogP contribution in [0.2, 0.25) is 15.1 Å². The molecule has 0 aliphatic heterocycles. The van der Waals surface area contributed by atoms with Crippen molar-refractivity contribution in [2.24, 2.45) is 0 Å². The van der Waals surface area contributed by atoms with Crippen LogP contribution in [0.1, 0.15) is 22.9 Å². The second kappa shape index (κ2) is 7.56. The van der Waals surface area contributed by atoms with Crippen LogP contribution in [0.5, 0.6) is 5.75 Å². The van der Waals surface area contributed by atoms with Crippen LogP contribution in [0, 0.1) is 0 Å². The van der Waals surface area contributed by atoms with Crippen LogP contribution in [0.4, 0.5) is 0 Å². The lowest BCUT2D eigenvalue weighted by Gasteiger charge is -2.16. The van der Waals surface area contributed by atoms with Gasteiger partial charge in [-0.25, -0.2) is 0 Å². The van der Waals surface area contributed by atoms with Crippen molar-refractivity contribution in [3.8, 4) is 5.75 Å². The molecule has 0 saturated carbocycles. The molecule has 0 saturated heterocycles. The van der Waals surface area contributed by atoms with Crippen molar-refractivity contribution in [1.29, 1.82) is 0 Å². The van der Waals surface area contributed by atoms with Gasteiger partial charge in [0.1, 0.15) is 5.75 Å². The Bertz CT molecular complexity index is 662. The van der Waals surface area contributed by atoms with Crippen molar-refractivity contribution in [2.75, 3.05) is 6.61 Å². The summed E-state index contributed by atoms with van der Waals surface area (Å²) in [5, 5.41) is 1.77. The van der Waals surface area contributed by atoms with Crippen molar-refractivity contribution in [3.05, 3.63) is 61.0 Å². The molecule has 0 spiro atoms. The summed E-state index contributed by atoms with van der Waals surface area (Å²) >= 11 is 25.8. The van der Waals surface area contributed by atoms with Crippen molar-refractivity contribution in [3.63, 3.8) is 0 Å².